The van der Waals surface area contributed by atoms with Crippen molar-refractivity contribution in [3.05, 3.63) is 12.2 Å². The van der Waals surface area contributed by atoms with Crippen molar-refractivity contribution in [2.45, 2.75) is 77.7 Å². The molecule has 2 heteroatoms. The highest BCUT2D eigenvalue weighted by Crippen LogP contribution is 2.36. The monoisotopic (exact) mass is 252 g/mol. The van der Waals surface area contributed by atoms with Gasteiger partial charge in [-0.15, -0.1) is 0 Å². The van der Waals surface area contributed by atoms with E-state index in [0.29, 0.717) is 11.5 Å². The number of hydrogen-bond acceptors (Lipinski definition) is 2. The first-order valence-corrected chi connectivity index (χ1v) is 7.37. The second kappa shape index (κ2) is 6.96. The van der Waals surface area contributed by atoms with Gasteiger partial charge < -0.3 is 4.74 Å². The molecule has 0 aromatic rings. The minimum atomic E-state index is -0.264. The van der Waals surface area contributed by atoms with E-state index in [9.17, 15) is 4.79 Å². The van der Waals surface area contributed by atoms with E-state index in [0.717, 1.165) is 12.8 Å². The Balaban J connectivity index is 2.80. The Kier molecular flexibility index (Phi) is 5.90. The highest BCUT2D eigenvalue weighted by atomic mass is 16.6. The Hall–Kier alpha value is -0.790. The number of carbonyl (C=O) groups excluding carboxylic acids is 1. The van der Waals surface area contributed by atoms with Crippen LogP contribution in [-0.2, 0) is 9.53 Å². The van der Waals surface area contributed by atoms with Crippen molar-refractivity contribution >= 4 is 5.97 Å². The van der Waals surface area contributed by atoms with E-state index in [4.69, 9.17) is 4.74 Å². The van der Waals surface area contributed by atoms with Gasteiger partial charge in [-0.3, -0.25) is 0 Å². The Morgan fingerprint density at radius 3 is 1.89 bits per heavy atom. The van der Waals surface area contributed by atoms with E-state index in [2.05, 4.69) is 20.4 Å². The zero-order valence-corrected chi connectivity index (χ0v) is 12.3. The first-order chi connectivity index (χ1) is 8.48. The van der Waals surface area contributed by atoms with Gasteiger partial charge in [-0.25, -0.2) is 4.79 Å². The SMILES string of the molecule is C=C(C)C(=O)OC1(C(C)C)CCCCCCCC1. The van der Waals surface area contributed by atoms with Gasteiger partial charge in [0.15, 0.2) is 0 Å². The van der Waals surface area contributed by atoms with Crippen molar-refractivity contribution < 1.29 is 9.53 Å². The maximum Gasteiger partial charge on any atom is 0.333 e. The fourth-order valence-corrected chi connectivity index (χ4v) is 2.75. The molecule has 0 spiro atoms. The zero-order valence-electron chi connectivity index (χ0n) is 12.3. The van der Waals surface area contributed by atoms with Crippen molar-refractivity contribution in [2.75, 3.05) is 0 Å². The Morgan fingerprint density at radius 1 is 1.06 bits per heavy atom. The molecule has 0 unspecified atom stereocenters. The summed E-state index contributed by atoms with van der Waals surface area (Å²) in [5.41, 5.74) is 0.246. The predicted molar refractivity (Wildman–Crippen MR) is 75.4 cm³/mol. The fourth-order valence-electron chi connectivity index (χ4n) is 2.75. The van der Waals surface area contributed by atoms with Crippen LogP contribution in [0.3, 0.4) is 0 Å². The third kappa shape index (κ3) is 4.15. The van der Waals surface area contributed by atoms with E-state index in [-0.39, 0.29) is 11.6 Å². The van der Waals surface area contributed by atoms with E-state index < -0.39 is 0 Å². The molecule has 1 aliphatic carbocycles. The highest BCUT2D eigenvalue weighted by Gasteiger charge is 2.37. The summed E-state index contributed by atoms with van der Waals surface area (Å²) in [7, 11) is 0. The van der Waals surface area contributed by atoms with Crippen LogP contribution in [-0.4, -0.2) is 11.6 Å². The Morgan fingerprint density at radius 2 is 1.50 bits per heavy atom. The van der Waals surface area contributed by atoms with Gasteiger partial charge in [0, 0.05) is 5.57 Å². The van der Waals surface area contributed by atoms with Gasteiger partial charge in [-0.05, 0) is 38.5 Å². The lowest BCUT2D eigenvalue weighted by atomic mass is 9.81. The highest BCUT2D eigenvalue weighted by molar-refractivity contribution is 5.87. The average Bonchev–Trinajstić information content (AvgIpc) is 2.41. The van der Waals surface area contributed by atoms with Gasteiger partial charge in [-0.2, -0.15) is 0 Å². The van der Waals surface area contributed by atoms with E-state index in [1.54, 1.807) is 6.92 Å². The molecule has 0 radical (unpaired) electrons. The second-order valence-electron chi connectivity index (χ2n) is 6.01. The number of esters is 1. The lowest BCUT2D eigenvalue weighted by molar-refractivity contribution is -0.162. The molecule has 0 atom stereocenters. The molecule has 1 rings (SSSR count). The summed E-state index contributed by atoms with van der Waals surface area (Å²) in [5.74, 6) is 0.154. The summed E-state index contributed by atoms with van der Waals surface area (Å²) in [6.07, 6.45) is 9.51. The summed E-state index contributed by atoms with van der Waals surface area (Å²) < 4.78 is 5.85. The van der Waals surface area contributed by atoms with Crippen LogP contribution < -0.4 is 0 Å². The molecule has 2 nitrogen and oxygen atoms in total. The van der Waals surface area contributed by atoms with E-state index in [1.807, 2.05) is 0 Å². The molecule has 18 heavy (non-hydrogen) atoms. The van der Waals surface area contributed by atoms with Gasteiger partial charge >= 0.3 is 5.97 Å². The van der Waals surface area contributed by atoms with Gasteiger partial charge in [-0.1, -0.05) is 46.1 Å². The summed E-state index contributed by atoms with van der Waals surface area (Å²) in [4.78, 5) is 11.9. The second-order valence-corrected chi connectivity index (χ2v) is 6.01. The van der Waals surface area contributed by atoms with Gasteiger partial charge in [0.05, 0.1) is 0 Å². The Labute approximate surface area is 112 Å². The topological polar surface area (TPSA) is 26.3 Å². The van der Waals surface area contributed by atoms with Crippen LogP contribution in [0, 0.1) is 5.92 Å². The lowest BCUT2D eigenvalue weighted by Crippen LogP contribution is -2.40. The van der Waals surface area contributed by atoms with Crippen molar-refractivity contribution in [1.82, 2.24) is 0 Å². The number of carbonyl (C=O) groups is 1. The lowest BCUT2D eigenvalue weighted by Gasteiger charge is -2.37. The molecule has 0 aliphatic heterocycles. The normalized spacial score (nSPS) is 20.7. The maximum absolute atomic E-state index is 11.9. The molecule has 1 aliphatic rings. The summed E-state index contributed by atoms with van der Waals surface area (Å²) in [6, 6.07) is 0. The smallest absolute Gasteiger partial charge is 0.333 e. The van der Waals surface area contributed by atoms with Crippen LogP contribution in [0.4, 0.5) is 0 Å². The molecule has 0 N–H and O–H groups in total. The minimum absolute atomic E-state index is 0.219. The molecular formula is C16H28O2. The third-order valence-electron chi connectivity index (χ3n) is 4.15. The van der Waals surface area contributed by atoms with Gasteiger partial charge in [0.25, 0.3) is 0 Å². The van der Waals surface area contributed by atoms with Gasteiger partial charge in [0.1, 0.15) is 5.60 Å². The van der Waals surface area contributed by atoms with Crippen molar-refractivity contribution in [1.29, 1.82) is 0 Å². The van der Waals surface area contributed by atoms with Crippen LogP contribution in [0.2, 0.25) is 0 Å². The van der Waals surface area contributed by atoms with Crippen molar-refractivity contribution in [3.63, 3.8) is 0 Å². The molecule has 1 fully saturated rings. The first-order valence-electron chi connectivity index (χ1n) is 7.37. The molecule has 1 saturated carbocycles. The molecule has 0 saturated heterocycles. The Bertz CT molecular complexity index is 281. The standard InChI is InChI=1S/C16H28O2/c1-13(2)15(17)18-16(14(3)4)11-9-7-5-6-8-10-12-16/h14H,1,5-12H2,2-4H3. The first kappa shape index (κ1) is 15.3. The molecule has 104 valence electrons. The minimum Gasteiger partial charge on any atom is -0.455 e. The number of hydrogen-bond donors (Lipinski definition) is 0. The molecule has 0 aromatic heterocycles. The van der Waals surface area contributed by atoms with E-state index in [1.165, 1.54) is 38.5 Å². The average molecular weight is 252 g/mol. The van der Waals surface area contributed by atoms with Crippen LogP contribution in [0.5, 0.6) is 0 Å². The van der Waals surface area contributed by atoms with Crippen LogP contribution in [0.1, 0.15) is 72.1 Å². The summed E-state index contributed by atoms with van der Waals surface area (Å²) >= 11 is 0. The van der Waals surface area contributed by atoms with E-state index >= 15 is 0 Å². The quantitative estimate of drug-likeness (QED) is 0.540. The molecule has 0 heterocycles. The fraction of sp³-hybridized carbons (Fsp3) is 0.812. The van der Waals surface area contributed by atoms with Crippen molar-refractivity contribution in [3.8, 4) is 0 Å². The largest absolute Gasteiger partial charge is 0.455 e. The summed E-state index contributed by atoms with van der Waals surface area (Å²) in [6.45, 7) is 9.77. The molecular weight excluding hydrogens is 224 g/mol. The molecule has 0 bridgehead atoms. The predicted octanol–water partition coefficient (Wildman–Crippen LogP) is 4.63. The van der Waals surface area contributed by atoms with Crippen LogP contribution in [0.15, 0.2) is 12.2 Å². The van der Waals surface area contributed by atoms with Crippen molar-refractivity contribution in [2.24, 2.45) is 5.92 Å². The third-order valence-corrected chi connectivity index (χ3v) is 4.15. The number of ether oxygens (including phenoxy) is 1. The van der Waals surface area contributed by atoms with Gasteiger partial charge in [0.2, 0.25) is 0 Å². The zero-order chi connectivity index (χ0) is 13.6. The molecule has 0 amide bonds. The number of rotatable bonds is 3. The maximum atomic E-state index is 11.9. The molecule has 0 aromatic carbocycles. The van der Waals surface area contributed by atoms with Crippen LogP contribution in [0.25, 0.3) is 0 Å². The summed E-state index contributed by atoms with van der Waals surface area (Å²) in [5, 5.41) is 0. The van der Waals surface area contributed by atoms with Crippen LogP contribution >= 0.6 is 0 Å².